The Hall–Kier alpha value is -2.60. The van der Waals surface area contributed by atoms with Gasteiger partial charge in [-0.2, -0.15) is 0 Å². The highest BCUT2D eigenvalue weighted by Gasteiger charge is 2.43. The Labute approximate surface area is 159 Å². The summed E-state index contributed by atoms with van der Waals surface area (Å²) in [5, 5.41) is 3.85. The van der Waals surface area contributed by atoms with Gasteiger partial charge in [-0.25, -0.2) is 4.79 Å². The lowest BCUT2D eigenvalue weighted by molar-refractivity contribution is -0.134. The van der Waals surface area contributed by atoms with E-state index in [1.54, 1.807) is 14.1 Å². The molecule has 1 fully saturated rings. The Morgan fingerprint density at radius 1 is 1.44 bits per heavy atom. The van der Waals surface area contributed by atoms with Gasteiger partial charge in [-0.15, -0.1) is 6.58 Å². The van der Waals surface area contributed by atoms with Crippen molar-refractivity contribution in [3.05, 3.63) is 48.2 Å². The highest BCUT2D eigenvalue weighted by molar-refractivity contribution is 5.95. The van der Waals surface area contributed by atoms with Crippen molar-refractivity contribution in [2.45, 2.75) is 24.8 Å². The number of carbonyl (C=O) groups excluding carboxylic acids is 2. The molecule has 6 nitrogen and oxygen atoms in total. The Morgan fingerprint density at radius 2 is 2.26 bits per heavy atom. The van der Waals surface area contributed by atoms with Crippen molar-refractivity contribution in [1.29, 1.82) is 0 Å². The van der Waals surface area contributed by atoms with Crippen molar-refractivity contribution in [3.63, 3.8) is 0 Å². The fraction of sp³-hybridized carbons (Fsp3) is 0.429. The van der Waals surface area contributed by atoms with Gasteiger partial charge in [0.2, 0.25) is 5.91 Å². The first kappa shape index (κ1) is 17.8. The minimum atomic E-state index is -0.365. The van der Waals surface area contributed by atoms with Crippen LogP contribution in [0.4, 0.5) is 4.79 Å². The number of hydrogen-bond acceptors (Lipinski definition) is 3. The molecule has 1 aromatic carbocycles. The van der Waals surface area contributed by atoms with Gasteiger partial charge in [-0.1, -0.05) is 18.2 Å². The number of hydrogen-bond donors (Lipinski definition) is 2. The molecule has 2 heterocycles. The second-order valence-electron chi connectivity index (χ2n) is 7.59. The van der Waals surface area contributed by atoms with Gasteiger partial charge < -0.3 is 10.3 Å². The molecule has 0 bridgehead atoms. The van der Waals surface area contributed by atoms with Crippen molar-refractivity contribution >= 4 is 22.8 Å². The molecular formula is C21H26N4O2. The summed E-state index contributed by atoms with van der Waals surface area (Å²) < 4.78 is 0. The van der Waals surface area contributed by atoms with Crippen molar-refractivity contribution < 1.29 is 9.59 Å². The molecule has 2 N–H and O–H groups in total. The van der Waals surface area contributed by atoms with E-state index in [0.717, 1.165) is 24.9 Å². The quantitative estimate of drug-likeness (QED) is 0.820. The van der Waals surface area contributed by atoms with E-state index in [1.165, 1.54) is 21.4 Å². The van der Waals surface area contributed by atoms with Gasteiger partial charge in [0, 0.05) is 56.2 Å². The molecule has 0 unspecified atom stereocenters. The maximum Gasteiger partial charge on any atom is 0.323 e. The zero-order valence-electron chi connectivity index (χ0n) is 15.9. The molecule has 27 heavy (non-hydrogen) atoms. The molecule has 1 saturated heterocycles. The number of fused-ring (bicyclic) bond motifs is 2. The van der Waals surface area contributed by atoms with Crippen LogP contribution in [-0.2, 0) is 11.2 Å². The number of piperidine rings is 1. The predicted octanol–water partition coefficient (Wildman–Crippen LogP) is 2.48. The average Bonchev–Trinajstić information content (AvgIpc) is 3.11. The molecule has 0 radical (unpaired) electrons. The second-order valence-corrected chi connectivity index (χ2v) is 7.59. The van der Waals surface area contributed by atoms with Gasteiger partial charge in [0.25, 0.3) is 0 Å². The Balaban J connectivity index is 1.70. The molecular weight excluding hydrogens is 340 g/mol. The third-order valence-electron chi connectivity index (χ3n) is 6.14. The number of aromatic amines is 1. The van der Waals surface area contributed by atoms with Gasteiger partial charge >= 0.3 is 6.03 Å². The maximum absolute atomic E-state index is 13.0. The van der Waals surface area contributed by atoms with E-state index >= 15 is 0 Å². The molecule has 3 atom stereocenters. The third kappa shape index (κ3) is 2.84. The number of amides is 3. The van der Waals surface area contributed by atoms with E-state index in [9.17, 15) is 9.59 Å². The molecule has 2 aromatic rings. The lowest BCUT2D eigenvalue weighted by Gasteiger charge is -2.46. The van der Waals surface area contributed by atoms with Crippen LogP contribution in [0, 0.1) is 5.92 Å². The number of nitrogens with one attached hydrogen (secondary N) is 2. The summed E-state index contributed by atoms with van der Waals surface area (Å²) in [5.41, 5.74) is 3.82. The average molecular weight is 366 g/mol. The van der Waals surface area contributed by atoms with Crippen LogP contribution in [0.1, 0.15) is 23.5 Å². The number of aromatic nitrogens is 1. The molecule has 142 valence electrons. The molecule has 3 amide bonds. The van der Waals surface area contributed by atoms with E-state index in [2.05, 4.69) is 46.2 Å². The smallest absolute Gasteiger partial charge is 0.323 e. The summed E-state index contributed by atoms with van der Waals surface area (Å²) in [6, 6.07) is 6.37. The number of likely N-dealkylation sites (tertiary alicyclic amines) is 1. The molecule has 6 heteroatoms. The molecule has 2 aliphatic rings. The van der Waals surface area contributed by atoms with Crippen molar-refractivity contribution in [2.24, 2.45) is 5.92 Å². The molecule has 0 saturated carbocycles. The van der Waals surface area contributed by atoms with Crippen LogP contribution in [0.3, 0.4) is 0 Å². The largest absolute Gasteiger partial charge is 0.361 e. The lowest BCUT2D eigenvalue weighted by atomic mass is 9.72. The van der Waals surface area contributed by atoms with E-state index < -0.39 is 0 Å². The number of nitrogens with zero attached hydrogens (tertiary/aromatic N) is 2. The number of imide groups is 1. The van der Waals surface area contributed by atoms with Gasteiger partial charge in [0.05, 0.1) is 5.92 Å². The van der Waals surface area contributed by atoms with Crippen molar-refractivity contribution in [1.82, 2.24) is 20.1 Å². The van der Waals surface area contributed by atoms with Crippen LogP contribution in [-0.4, -0.2) is 59.9 Å². The highest BCUT2D eigenvalue weighted by Crippen LogP contribution is 2.44. The first-order chi connectivity index (χ1) is 13.0. The lowest BCUT2D eigenvalue weighted by Crippen LogP contribution is -2.54. The van der Waals surface area contributed by atoms with Gasteiger partial charge in [0.15, 0.2) is 0 Å². The minimum absolute atomic E-state index is 0.117. The molecule has 1 aliphatic heterocycles. The second kappa shape index (κ2) is 6.85. The van der Waals surface area contributed by atoms with E-state index in [1.807, 2.05) is 6.08 Å². The Morgan fingerprint density at radius 3 is 3.00 bits per heavy atom. The maximum atomic E-state index is 13.0. The van der Waals surface area contributed by atoms with E-state index in [0.29, 0.717) is 12.6 Å². The SMILES string of the molecule is C=CCN1C[C@H](C(=O)N(C)C(=O)NC)C[C@@H]2c3cccc4[nH]cc(c34)C[C@H]21. The van der Waals surface area contributed by atoms with Crippen LogP contribution < -0.4 is 5.32 Å². The van der Waals surface area contributed by atoms with Crippen LogP contribution in [0.15, 0.2) is 37.1 Å². The van der Waals surface area contributed by atoms with E-state index in [-0.39, 0.29) is 23.8 Å². The summed E-state index contributed by atoms with van der Waals surface area (Å²) in [7, 11) is 3.10. The highest BCUT2D eigenvalue weighted by atomic mass is 16.2. The monoisotopic (exact) mass is 366 g/mol. The van der Waals surface area contributed by atoms with E-state index in [4.69, 9.17) is 0 Å². The fourth-order valence-electron chi connectivity index (χ4n) is 4.89. The normalized spacial score (nSPS) is 24.3. The first-order valence-electron chi connectivity index (χ1n) is 9.48. The van der Waals surface area contributed by atoms with Crippen molar-refractivity contribution in [2.75, 3.05) is 27.2 Å². The summed E-state index contributed by atoms with van der Waals surface area (Å²) in [4.78, 5) is 31.8. The zero-order valence-corrected chi connectivity index (χ0v) is 15.9. The summed E-state index contributed by atoms with van der Waals surface area (Å²) in [6.45, 7) is 5.30. The number of urea groups is 1. The van der Waals surface area contributed by atoms with Crippen molar-refractivity contribution in [3.8, 4) is 0 Å². The summed E-state index contributed by atoms with van der Waals surface area (Å²) in [6.07, 6.45) is 5.76. The number of carbonyl (C=O) groups is 2. The number of H-pyrrole nitrogens is 1. The minimum Gasteiger partial charge on any atom is -0.361 e. The fourth-order valence-corrected chi connectivity index (χ4v) is 4.89. The molecule has 4 rings (SSSR count). The van der Waals surface area contributed by atoms with Gasteiger partial charge in [-0.3, -0.25) is 14.6 Å². The Kier molecular flexibility index (Phi) is 4.52. The predicted molar refractivity (Wildman–Crippen MR) is 106 cm³/mol. The van der Waals surface area contributed by atoms with Gasteiger partial charge in [0.1, 0.15) is 0 Å². The Bertz CT molecular complexity index is 903. The third-order valence-corrected chi connectivity index (χ3v) is 6.14. The summed E-state index contributed by atoms with van der Waals surface area (Å²) >= 11 is 0. The molecule has 1 aromatic heterocycles. The first-order valence-corrected chi connectivity index (χ1v) is 9.48. The van der Waals surface area contributed by atoms with Crippen LogP contribution in [0.25, 0.3) is 10.9 Å². The number of rotatable bonds is 3. The van der Waals surface area contributed by atoms with Gasteiger partial charge in [-0.05, 0) is 30.0 Å². The standard InChI is InChI=1S/C21H26N4O2/c1-4-8-25-12-14(20(26)24(3)21(27)22-2)9-16-15-6-5-7-17-19(15)13(11-23-17)10-18(16)25/h4-7,11,14,16,18,23H,1,8-10,12H2,2-3H3,(H,22,27)/t14-,16-,18-/m1/s1. The number of benzene rings is 1. The summed E-state index contributed by atoms with van der Waals surface area (Å²) in [5.74, 6) is -0.0455. The van der Waals surface area contributed by atoms with Crippen LogP contribution in [0.2, 0.25) is 0 Å². The zero-order chi connectivity index (χ0) is 19.1. The molecule has 1 aliphatic carbocycles. The molecule has 0 spiro atoms. The van der Waals surface area contributed by atoms with Crippen LogP contribution >= 0.6 is 0 Å². The topological polar surface area (TPSA) is 68.4 Å². The van der Waals surface area contributed by atoms with Crippen LogP contribution in [0.5, 0.6) is 0 Å².